The number of carbonyl (C=O) groups is 1. The smallest absolute Gasteiger partial charge is 0.269 e. The lowest BCUT2D eigenvalue weighted by molar-refractivity contribution is -0.384. The molecule has 0 aliphatic rings. The SMILES string of the molecule is [B]C(=O)N[C@@H](Cc1ccccc1)[C@H](N)CN(CC(C)C)S(=O)(=O)c1ccc([N+](=O)[O-])cc1. The number of nitro benzene ring substituents is 1. The summed E-state index contributed by atoms with van der Waals surface area (Å²) in [5.74, 6) is -0.762. The molecule has 0 aromatic heterocycles. The lowest BCUT2D eigenvalue weighted by Crippen LogP contribution is -2.54. The van der Waals surface area contributed by atoms with Gasteiger partial charge in [-0.05, 0) is 30.0 Å². The number of rotatable bonds is 11. The molecule has 0 spiro atoms. The Kier molecular flexibility index (Phi) is 8.94. The van der Waals surface area contributed by atoms with Crippen LogP contribution in [0.25, 0.3) is 0 Å². The van der Waals surface area contributed by atoms with Crippen molar-refractivity contribution in [1.82, 2.24) is 9.62 Å². The summed E-state index contributed by atoms with van der Waals surface area (Å²) < 4.78 is 27.8. The molecule has 9 nitrogen and oxygen atoms in total. The molecule has 0 fully saturated rings. The topological polar surface area (TPSA) is 136 Å². The number of sulfonamides is 1. The summed E-state index contributed by atoms with van der Waals surface area (Å²) in [4.78, 5) is 21.8. The standard InChI is InChI=1S/C21H27BN4O5S/c1-15(2)13-25(32(30,31)18-10-8-17(9-11-18)26(28)29)14-19(23)20(24-21(22)27)12-16-6-4-3-5-7-16/h3-11,15,19-20H,12-14,23H2,1-2H3,(H,24,27)/t19-,20+/m1/s1. The molecule has 0 saturated heterocycles. The van der Waals surface area contributed by atoms with Gasteiger partial charge in [-0.3, -0.25) is 14.9 Å². The summed E-state index contributed by atoms with van der Waals surface area (Å²) in [5.41, 5.74) is 7.07. The van der Waals surface area contributed by atoms with Gasteiger partial charge in [0.25, 0.3) is 5.69 Å². The molecule has 3 N–H and O–H groups in total. The van der Waals surface area contributed by atoms with E-state index in [4.69, 9.17) is 13.6 Å². The number of benzene rings is 2. The average Bonchev–Trinajstić information content (AvgIpc) is 2.73. The fourth-order valence-electron chi connectivity index (χ4n) is 3.29. The summed E-state index contributed by atoms with van der Waals surface area (Å²) in [6.45, 7) is 3.84. The van der Waals surface area contributed by atoms with Crippen LogP contribution in [0.1, 0.15) is 19.4 Å². The van der Waals surface area contributed by atoms with Crippen LogP contribution in [-0.2, 0) is 16.4 Å². The highest BCUT2D eigenvalue weighted by Gasteiger charge is 2.30. The summed E-state index contributed by atoms with van der Waals surface area (Å²) >= 11 is 0. The fourth-order valence-corrected chi connectivity index (χ4v) is 4.93. The van der Waals surface area contributed by atoms with Gasteiger partial charge in [0.2, 0.25) is 17.9 Å². The highest BCUT2D eigenvalue weighted by atomic mass is 32.2. The van der Waals surface area contributed by atoms with Crippen molar-refractivity contribution in [1.29, 1.82) is 0 Å². The average molecular weight is 458 g/mol. The Morgan fingerprint density at radius 2 is 1.72 bits per heavy atom. The molecular weight excluding hydrogens is 431 g/mol. The van der Waals surface area contributed by atoms with Crippen molar-refractivity contribution in [3.63, 3.8) is 0 Å². The van der Waals surface area contributed by atoms with E-state index in [0.29, 0.717) is 6.42 Å². The van der Waals surface area contributed by atoms with Crippen molar-refractivity contribution in [2.45, 2.75) is 37.2 Å². The maximum atomic E-state index is 13.3. The van der Waals surface area contributed by atoms with Crippen LogP contribution < -0.4 is 11.1 Å². The van der Waals surface area contributed by atoms with Gasteiger partial charge in [-0.15, -0.1) is 0 Å². The summed E-state index contributed by atoms with van der Waals surface area (Å²) in [6, 6.07) is 12.7. The lowest BCUT2D eigenvalue weighted by atomic mass is 9.97. The molecule has 2 aromatic carbocycles. The Hall–Kier alpha value is -2.76. The van der Waals surface area contributed by atoms with Crippen LogP contribution in [0.2, 0.25) is 0 Å². The third-order valence-electron chi connectivity index (χ3n) is 4.81. The second-order valence-electron chi connectivity index (χ2n) is 7.94. The van der Waals surface area contributed by atoms with Gasteiger partial charge >= 0.3 is 0 Å². The van der Waals surface area contributed by atoms with Crippen LogP contribution in [0.4, 0.5) is 10.5 Å². The summed E-state index contributed by atoms with van der Waals surface area (Å²) in [7, 11) is 1.34. The number of nitro groups is 1. The van der Waals surface area contributed by atoms with Crippen LogP contribution in [0.15, 0.2) is 59.5 Å². The predicted octanol–water partition coefficient (Wildman–Crippen LogP) is 2.06. The van der Waals surface area contributed by atoms with Crippen molar-refractivity contribution in [3.05, 3.63) is 70.3 Å². The molecule has 2 atom stereocenters. The van der Waals surface area contributed by atoms with Gasteiger partial charge < -0.3 is 11.1 Å². The molecule has 0 unspecified atom stereocenters. The first-order valence-corrected chi connectivity index (χ1v) is 11.5. The van der Waals surface area contributed by atoms with Gasteiger partial charge in [-0.25, -0.2) is 8.42 Å². The summed E-state index contributed by atoms with van der Waals surface area (Å²) in [5, 5.41) is 13.5. The van der Waals surface area contributed by atoms with Crippen LogP contribution >= 0.6 is 0 Å². The Bertz CT molecular complexity index is 1020. The van der Waals surface area contributed by atoms with Gasteiger partial charge in [0.1, 0.15) is 0 Å². The third kappa shape index (κ3) is 7.15. The van der Waals surface area contributed by atoms with E-state index in [0.717, 1.165) is 17.7 Å². The zero-order chi connectivity index (χ0) is 23.9. The van der Waals surface area contributed by atoms with Gasteiger partial charge in [0.15, 0.2) is 5.81 Å². The molecule has 0 aliphatic heterocycles. The van der Waals surface area contributed by atoms with Gasteiger partial charge in [0, 0.05) is 37.3 Å². The quantitative estimate of drug-likeness (QED) is 0.301. The predicted molar refractivity (Wildman–Crippen MR) is 123 cm³/mol. The Morgan fingerprint density at radius 3 is 2.22 bits per heavy atom. The molecule has 32 heavy (non-hydrogen) atoms. The van der Waals surface area contributed by atoms with E-state index in [2.05, 4.69) is 5.32 Å². The fraction of sp³-hybridized carbons (Fsp3) is 0.381. The number of carbonyl (C=O) groups excluding carboxylic acids is 1. The number of nitrogens with one attached hydrogen (secondary N) is 1. The Balaban J connectivity index is 2.29. The highest BCUT2D eigenvalue weighted by Crippen LogP contribution is 2.21. The van der Waals surface area contributed by atoms with Crippen LogP contribution in [0.3, 0.4) is 0 Å². The van der Waals surface area contributed by atoms with Gasteiger partial charge in [-0.2, -0.15) is 4.31 Å². The number of hydrogen-bond donors (Lipinski definition) is 2. The molecule has 0 saturated carbocycles. The number of nitrogens with zero attached hydrogens (tertiary/aromatic N) is 2. The Labute approximate surface area is 189 Å². The van der Waals surface area contributed by atoms with Gasteiger partial charge in [0.05, 0.1) is 9.82 Å². The molecule has 1 amide bonds. The van der Waals surface area contributed by atoms with Gasteiger partial charge in [-0.1, -0.05) is 44.2 Å². The van der Waals surface area contributed by atoms with E-state index in [9.17, 15) is 23.3 Å². The Morgan fingerprint density at radius 1 is 1.12 bits per heavy atom. The largest absolute Gasteiger partial charge is 0.361 e. The molecule has 170 valence electrons. The minimum atomic E-state index is -3.98. The van der Waals surface area contributed by atoms with E-state index in [1.165, 1.54) is 16.4 Å². The minimum absolute atomic E-state index is 0.00769. The molecule has 0 bridgehead atoms. The van der Waals surface area contributed by atoms with Crippen molar-refractivity contribution in [2.24, 2.45) is 11.7 Å². The number of hydrogen-bond acceptors (Lipinski definition) is 6. The van der Waals surface area contributed by atoms with Crippen LogP contribution in [0.5, 0.6) is 0 Å². The molecule has 0 heterocycles. The number of non-ortho nitro benzene ring substituents is 1. The van der Waals surface area contributed by atoms with Crippen molar-refractivity contribution >= 4 is 29.4 Å². The molecule has 2 rings (SSSR count). The first-order chi connectivity index (χ1) is 15.0. The first-order valence-electron chi connectivity index (χ1n) is 10.1. The highest BCUT2D eigenvalue weighted by molar-refractivity contribution is 7.89. The zero-order valence-corrected chi connectivity index (χ0v) is 18.9. The third-order valence-corrected chi connectivity index (χ3v) is 6.66. The van der Waals surface area contributed by atoms with E-state index in [1.807, 2.05) is 44.2 Å². The maximum absolute atomic E-state index is 13.3. The normalized spacial score (nSPS) is 13.7. The molecule has 2 radical (unpaired) electrons. The van der Waals surface area contributed by atoms with Crippen molar-refractivity contribution in [3.8, 4) is 0 Å². The number of nitrogens with two attached hydrogens (primary N) is 1. The van der Waals surface area contributed by atoms with E-state index >= 15 is 0 Å². The molecule has 0 aliphatic carbocycles. The van der Waals surface area contributed by atoms with Crippen LogP contribution in [0, 0.1) is 16.0 Å². The van der Waals surface area contributed by atoms with Crippen molar-refractivity contribution < 1.29 is 18.1 Å². The lowest BCUT2D eigenvalue weighted by Gasteiger charge is -2.31. The van der Waals surface area contributed by atoms with E-state index in [1.54, 1.807) is 0 Å². The maximum Gasteiger partial charge on any atom is 0.269 e. The zero-order valence-electron chi connectivity index (χ0n) is 18.0. The minimum Gasteiger partial charge on any atom is -0.361 e. The van der Waals surface area contributed by atoms with E-state index < -0.39 is 32.8 Å². The molecule has 2 aromatic rings. The monoisotopic (exact) mass is 458 g/mol. The second kappa shape index (κ2) is 11.2. The van der Waals surface area contributed by atoms with Crippen LogP contribution in [-0.4, -0.2) is 56.5 Å². The molecule has 11 heteroatoms. The summed E-state index contributed by atoms with van der Waals surface area (Å²) in [6.07, 6.45) is 0.373. The molecular formula is C21H27BN4O5S. The van der Waals surface area contributed by atoms with E-state index in [-0.39, 0.29) is 29.6 Å². The number of amides is 1. The van der Waals surface area contributed by atoms with Crippen molar-refractivity contribution in [2.75, 3.05) is 13.1 Å². The first kappa shape index (κ1) is 25.5. The second-order valence-corrected chi connectivity index (χ2v) is 9.87.